The third-order valence-electron chi connectivity index (χ3n) is 5.34. The number of nitrogens with zero attached hydrogens (tertiary/aromatic N) is 2. The Balaban J connectivity index is 1.58. The van der Waals surface area contributed by atoms with Crippen molar-refractivity contribution in [2.75, 3.05) is 7.11 Å². The van der Waals surface area contributed by atoms with Crippen LogP contribution in [-0.2, 0) is 0 Å². The number of rotatable bonds is 3. The van der Waals surface area contributed by atoms with Crippen molar-refractivity contribution >= 4 is 28.9 Å². The van der Waals surface area contributed by atoms with Gasteiger partial charge in [0.2, 0.25) is 6.23 Å². The van der Waals surface area contributed by atoms with E-state index in [0.29, 0.717) is 10.0 Å². The minimum absolute atomic E-state index is 0.0776. The van der Waals surface area contributed by atoms with Gasteiger partial charge in [-0.25, -0.2) is 5.01 Å². The number of halogens is 2. The summed E-state index contributed by atoms with van der Waals surface area (Å²) < 4.78 is 11.7. The molecule has 0 aromatic heterocycles. The van der Waals surface area contributed by atoms with E-state index in [0.717, 1.165) is 40.3 Å². The van der Waals surface area contributed by atoms with Crippen LogP contribution >= 0.6 is 23.2 Å². The van der Waals surface area contributed by atoms with Crippen molar-refractivity contribution in [1.82, 2.24) is 5.01 Å². The van der Waals surface area contributed by atoms with Gasteiger partial charge in [-0.3, -0.25) is 0 Å². The average Bonchev–Trinajstić information content (AvgIpc) is 3.18. The molecule has 2 aliphatic heterocycles. The Morgan fingerprint density at radius 2 is 1.83 bits per heavy atom. The summed E-state index contributed by atoms with van der Waals surface area (Å²) in [4.78, 5) is 0. The Labute approximate surface area is 179 Å². The highest BCUT2D eigenvalue weighted by Gasteiger charge is 2.41. The maximum atomic E-state index is 6.47. The molecule has 146 valence electrons. The molecule has 0 aliphatic carbocycles. The van der Waals surface area contributed by atoms with E-state index in [1.807, 2.05) is 59.6 Å². The van der Waals surface area contributed by atoms with Crippen LogP contribution in [-0.4, -0.2) is 17.8 Å². The fraction of sp³-hybridized carbons (Fsp3) is 0.174. The summed E-state index contributed by atoms with van der Waals surface area (Å²) in [5, 5.41) is 8.18. The third-order valence-corrected chi connectivity index (χ3v) is 5.89. The Bertz CT molecular complexity index is 1100. The molecule has 6 heteroatoms. The molecule has 2 aliphatic rings. The molecule has 0 amide bonds. The van der Waals surface area contributed by atoms with Crippen molar-refractivity contribution in [2.24, 2.45) is 5.10 Å². The predicted molar refractivity (Wildman–Crippen MR) is 115 cm³/mol. The lowest BCUT2D eigenvalue weighted by molar-refractivity contribution is -0.0190. The van der Waals surface area contributed by atoms with Gasteiger partial charge in [-0.1, -0.05) is 47.5 Å². The second-order valence-electron chi connectivity index (χ2n) is 7.05. The van der Waals surface area contributed by atoms with Crippen molar-refractivity contribution < 1.29 is 9.47 Å². The largest absolute Gasteiger partial charge is 0.497 e. The highest BCUT2D eigenvalue weighted by molar-refractivity contribution is 6.37. The molecular weight excluding hydrogens is 407 g/mol. The number of ether oxygens (including phenoxy) is 2. The smallest absolute Gasteiger partial charge is 0.213 e. The van der Waals surface area contributed by atoms with Crippen LogP contribution in [0, 0.1) is 0 Å². The van der Waals surface area contributed by atoms with Gasteiger partial charge in [0.1, 0.15) is 11.5 Å². The molecule has 2 heterocycles. The first kappa shape index (κ1) is 18.3. The zero-order valence-electron chi connectivity index (χ0n) is 15.7. The molecule has 3 aromatic carbocycles. The summed E-state index contributed by atoms with van der Waals surface area (Å²) in [6.45, 7) is 0. The first-order chi connectivity index (χ1) is 14.1. The first-order valence-corrected chi connectivity index (χ1v) is 10.1. The van der Waals surface area contributed by atoms with Crippen LogP contribution in [0.4, 0.5) is 0 Å². The average molecular weight is 425 g/mol. The van der Waals surface area contributed by atoms with Gasteiger partial charge in [0, 0.05) is 28.1 Å². The number of hydrogen-bond donors (Lipinski definition) is 0. The van der Waals surface area contributed by atoms with Gasteiger partial charge >= 0.3 is 0 Å². The number of fused-ring (bicyclic) bond motifs is 3. The van der Waals surface area contributed by atoms with E-state index in [1.165, 1.54) is 0 Å². The molecule has 0 unspecified atom stereocenters. The fourth-order valence-corrected chi connectivity index (χ4v) is 4.43. The summed E-state index contributed by atoms with van der Waals surface area (Å²) in [5.41, 5.74) is 3.96. The summed E-state index contributed by atoms with van der Waals surface area (Å²) >= 11 is 12.5. The van der Waals surface area contributed by atoms with Crippen LogP contribution in [0.2, 0.25) is 10.0 Å². The lowest BCUT2D eigenvalue weighted by Gasteiger charge is -2.38. The molecule has 5 rings (SSSR count). The second-order valence-corrected chi connectivity index (χ2v) is 7.90. The maximum absolute atomic E-state index is 6.47. The first-order valence-electron chi connectivity index (χ1n) is 9.35. The van der Waals surface area contributed by atoms with Crippen LogP contribution in [0.1, 0.15) is 35.4 Å². The second kappa shape index (κ2) is 7.29. The van der Waals surface area contributed by atoms with Crippen LogP contribution < -0.4 is 9.47 Å². The molecular formula is C23H18Cl2N2O2. The summed E-state index contributed by atoms with van der Waals surface area (Å²) in [7, 11) is 1.66. The zero-order valence-corrected chi connectivity index (χ0v) is 17.2. The van der Waals surface area contributed by atoms with Crippen LogP contribution in [0.3, 0.4) is 0 Å². The third kappa shape index (κ3) is 3.22. The number of hydrogen-bond acceptors (Lipinski definition) is 4. The van der Waals surface area contributed by atoms with Crippen molar-refractivity contribution in [2.45, 2.75) is 18.7 Å². The van der Waals surface area contributed by atoms with E-state index in [-0.39, 0.29) is 12.3 Å². The maximum Gasteiger partial charge on any atom is 0.213 e. The van der Waals surface area contributed by atoms with Crippen LogP contribution in [0.15, 0.2) is 71.8 Å². The molecule has 0 radical (unpaired) electrons. The summed E-state index contributed by atoms with van der Waals surface area (Å²) in [5.74, 6) is 1.69. The van der Waals surface area contributed by atoms with E-state index in [2.05, 4.69) is 6.07 Å². The quantitative estimate of drug-likeness (QED) is 0.498. The monoisotopic (exact) mass is 424 g/mol. The zero-order chi connectivity index (χ0) is 20.0. The predicted octanol–water partition coefficient (Wildman–Crippen LogP) is 6.24. The normalized spacial score (nSPS) is 19.8. The van der Waals surface area contributed by atoms with E-state index in [1.54, 1.807) is 13.2 Å². The van der Waals surface area contributed by atoms with Gasteiger partial charge in [-0.2, -0.15) is 5.10 Å². The van der Waals surface area contributed by atoms with Gasteiger partial charge in [0.05, 0.1) is 23.9 Å². The van der Waals surface area contributed by atoms with Crippen LogP contribution in [0.5, 0.6) is 11.5 Å². The molecule has 0 saturated heterocycles. The topological polar surface area (TPSA) is 34.1 Å². The SMILES string of the molecule is COc1ccc([C@@H]2Oc3ccccc3[C@H]3CC(c4ccc(Cl)cc4Cl)=NN32)cc1. The van der Waals surface area contributed by atoms with Gasteiger partial charge < -0.3 is 9.47 Å². The molecule has 4 nitrogen and oxygen atoms in total. The Morgan fingerprint density at radius 3 is 2.59 bits per heavy atom. The lowest BCUT2D eigenvalue weighted by atomic mass is 9.96. The Hall–Kier alpha value is -2.69. The number of para-hydroxylation sites is 1. The van der Waals surface area contributed by atoms with E-state index in [4.69, 9.17) is 37.8 Å². The molecule has 0 bridgehead atoms. The van der Waals surface area contributed by atoms with Crippen molar-refractivity contribution in [3.8, 4) is 11.5 Å². The van der Waals surface area contributed by atoms with Crippen LogP contribution in [0.25, 0.3) is 0 Å². The molecule has 0 saturated carbocycles. The molecule has 0 fully saturated rings. The van der Waals surface area contributed by atoms with E-state index >= 15 is 0 Å². The number of hydrazone groups is 1. The molecule has 3 aromatic rings. The number of benzene rings is 3. The van der Waals surface area contributed by atoms with Crippen molar-refractivity contribution in [3.05, 3.63) is 93.5 Å². The van der Waals surface area contributed by atoms with Crippen molar-refractivity contribution in [1.29, 1.82) is 0 Å². The standard InChI is InChI=1S/C23H18Cl2N2O2/c1-28-16-9-6-14(7-10-16)23-27-21(18-4-2-3-5-22(18)29-23)13-20(26-27)17-11-8-15(24)12-19(17)25/h2-12,21,23H,13H2,1H3/t21-,23+/m1/s1. The highest BCUT2D eigenvalue weighted by Crippen LogP contribution is 2.47. The van der Waals surface area contributed by atoms with Gasteiger partial charge in [-0.15, -0.1) is 0 Å². The molecule has 29 heavy (non-hydrogen) atoms. The summed E-state index contributed by atoms with van der Waals surface area (Å²) in [6.07, 6.45) is 0.415. The van der Waals surface area contributed by atoms with E-state index in [9.17, 15) is 0 Å². The number of methoxy groups -OCH3 is 1. The van der Waals surface area contributed by atoms with Gasteiger partial charge in [-0.05, 0) is 42.5 Å². The Kier molecular flexibility index (Phi) is 4.61. The minimum atomic E-state index is -0.329. The van der Waals surface area contributed by atoms with Crippen molar-refractivity contribution in [3.63, 3.8) is 0 Å². The van der Waals surface area contributed by atoms with Gasteiger partial charge in [0.15, 0.2) is 0 Å². The summed E-state index contributed by atoms with van der Waals surface area (Å²) in [6, 6.07) is 21.6. The molecule has 0 spiro atoms. The lowest BCUT2D eigenvalue weighted by Crippen LogP contribution is -2.33. The van der Waals surface area contributed by atoms with E-state index < -0.39 is 0 Å². The molecule has 2 atom stereocenters. The molecule has 0 N–H and O–H groups in total. The Morgan fingerprint density at radius 1 is 1.03 bits per heavy atom. The van der Waals surface area contributed by atoms with Gasteiger partial charge in [0.25, 0.3) is 0 Å². The fourth-order valence-electron chi connectivity index (χ4n) is 3.91. The minimum Gasteiger partial charge on any atom is -0.497 e. The highest BCUT2D eigenvalue weighted by atomic mass is 35.5.